The smallest absolute Gasteiger partial charge is 0.227 e. The average Bonchev–Trinajstić information content (AvgIpc) is 2.98. The van der Waals surface area contributed by atoms with Crippen LogP contribution >= 0.6 is 0 Å². The first-order valence-electron chi connectivity index (χ1n) is 8.50. The third kappa shape index (κ3) is 3.67. The molecule has 0 aliphatic heterocycles. The summed E-state index contributed by atoms with van der Waals surface area (Å²) in [4.78, 5) is 12.6. The van der Waals surface area contributed by atoms with Crippen molar-refractivity contribution in [2.75, 3.05) is 0 Å². The molecular formula is C21H23NO2. The number of fused-ring (bicyclic) bond motifs is 1. The van der Waals surface area contributed by atoms with Gasteiger partial charge < -0.3 is 9.73 Å². The number of hydrogen-bond acceptors (Lipinski definition) is 2. The van der Waals surface area contributed by atoms with Crippen molar-refractivity contribution < 1.29 is 9.21 Å². The molecule has 1 amide bonds. The number of nitrogens with one attached hydrogen (secondary N) is 1. The number of amides is 1. The van der Waals surface area contributed by atoms with Crippen LogP contribution in [0.25, 0.3) is 11.0 Å². The normalized spacial score (nSPS) is 13.6. The van der Waals surface area contributed by atoms with Crippen molar-refractivity contribution in [1.82, 2.24) is 5.32 Å². The predicted octanol–water partition coefficient (Wildman–Crippen LogP) is 4.67. The number of carbonyl (C=O) groups is 1. The highest BCUT2D eigenvalue weighted by atomic mass is 16.3. The zero-order valence-corrected chi connectivity index (χ0v) is 14.2. The Balaban J connectivity index is 1.65. The zero-order valence-electron chi connectivity index (χ0n) is 14.2. The van der Waals surface area contributed by atoms with Crippen molar-refractivity contribution in [2.24, 2.45) is 0 Å². The number of furan rings is 1. The van der Waals surface area contributed by atoms with Crippen molar-refractivity contribution in [3.63, 3.8) is 0 Å². The fourth-order valence-electron chi connectivity index (χ4n) is 3.09. The van der Waals surface area contributed by atoms with Crippen LogP contribution in [-0.2, 0) is 11.2 Å². The second-order valence-electron chi connectivity index (χ2n) is 6.24. The fraction of sp³-hybridized carbons (Fsp3) is 0.286. The maximum absolute atomic E-state index is 12.6. The van der Waals surface area contributed by atoms with Crippen LogP contribution in [0.1, 0.15) is 37.5 Å². The summed E-state index contributed by atoms with van der Waals surface area (Å²) in [6.07, 6.45) is 1.47. The van der Waals surface area contributed by atoms with Gasteiger partial charge in [0.05, 0.1) is 5.92 Å². The van der Waals surface area contributed by atoms with Crippen molar-refractivity contribution in [3.8, 4) is 0 Å². The Morgan fingerprint density at radius 2 is 1.79 bits per heavy atom. The lowest BCUT2D eigenvalue weighted by atomic mass is 9.95. The van der Waals surface area contributed by atoms with Crippen molar-refractivity contribution in [2.45, 2.75) is 38.6 Å². The summed E-state index contributed by atoms with van der Waals surface area (Å²) in [6, 6.07) is 20.0. The van der Waals surface area contributed by atoms with Crippen LogP contribution in [0.4, 0.5) is 0 Å². The van der Waals surface area contributed by atoms with E-state index < -0.39 is 0 Å². The van der Waals surface area contributed by atoms with Gasteiger partial charge in [0.1, 0.15) is 11.3 Å². The molecule has 1 aromatic heterocycles. The van der Waals surface area contributed by atoms with E-state index >= 15 is 0 Å². The van der Waals surface area contributed by atoms with E-state index in [0.29, 0.717) is 6.42 Å². The summed E-state index contributed by atoms with van der Waals surface area (Å²) in [5, 5.41) is 4.22. The van der Waals surface area contributed by atoms with E-state index in [1.54, 1.807) is 0 Å². The van der Waals surface area contributed by atoms with E-state index in [1.807, 2.05) is 74.5 Å². The van der Waals surface area contributed by atoms with Crippen LogP contribution in [0.3, 0.4) is 0 Å². The number of para-hydroxylation sites is 1. The molecule has 0 radical (unpaired) electrons. The van der Waals surface area contributed by atoms with Gasteiger partial charge in [0.15, 0.2) is 0 Å². The highest BCUT2D eigenvalue weighted by Gasteiger charge is 2.20. The van der Waals surface area contributed by atoms with Crippen molar-refractivity contribution in [3.05, 3.63) is 72.0 Å². The first-order valence-corrected chi connectivity index (χ1v) is 8.50. The molecular weight excluding hydrogens is 298 g/mol. The topological polar surface area (TPSA) is 42.2 Å². The quantitative estimate of drug-likeness (QED) is 0.716. The Kier molecular flexibility index (Phi) is 4.99. The second kappa shape index (κ2) is 7.35. The Hall–Kier alpha value is -2.55. The maximum atomic E-state index is 12.6. The lowest BCUT2D eigenvalue weighted by molar-refractivity contribution is -0.123. The van der Waals surface area contributed by atoms with E-state index in [-0.39, 0.29) is 17.9 Å². The first kappa shape index (κ1) is 16.3. The molecule has 1 heterocycles. The molecule has 0 saturated heterocycles. The molecule has 2 aromatic carbocycles. The van der Waals surface area contributed by atoms with E-state index in [1.165, 1.54) is 0 Å². The van der Waals surface area contributed by atoms with E-state index in [9.17, 15) is 4.79 Å². The minimum Gasteiger partial charge on any atom is -0.461 e. The molecule has 0 fully saturated rings. The standard InChI is InChI=1S/C21H23NO2/c1-3-19(16-9-5-4-6-10-16)21(23)22-15(2)13-18-14-17-11-7-8-12-20(17)24-18/h4-12,14-15,19H,3,13H2,1-2H3,(H,22,23). The summed E-state index contributed by atoms with van der Waals surface area (Å²) >= 11 is 0. The molecule has 0 aliphatic rings. The monoisotopic (exact) mass is 321 g/mol. The molecule has 0 spiro atoms. The van der Waals surface area contributed by atoms with Crippen LogP contribution in [0.2, 0.25) is 0 Å². The SMILES string of the molecule is CCC(C(=O)NC(C)Cc1cc2ccccc2o1)c1ccccc1. The van der Waals surface area contributed by atoms with Crippen LogP contribution in [-0.4, -0.2) is 11.9 Å². The van der Waals surface area contributed by atoms with Crippen LogP contribution in [0.5, 0.6) is 0 Å². The zero-order chi connectivity index (χ0) is 16.9. The van der Waals surface area contributed by atoms with Gasteiger partial charge in [-0.2, -0.15) is 0 Å². The van der Waals surface area contributed by atoms with Crippen LogP contribution in [0.15, 0.2) is 65.1 Å². The highest BCUT2D eigenvalue weighted by Crippen LogP contribution is 2.21. The van der Waals surface area contributed by atoms with Gasteiger partial charge in [-0.3, -0.25) is 4.79 Å². The molecule has 3 aromatic rings. The molecule has 24 heavy (non-hydrogen) atoms. The van der Waals surface area contributed by atoms with Crippen LogP contribution < -0.4 is 5.32 Å². The molecule has 3 rings (SSSR count). The highest BCUT2D eigenvalue weighted by molar-refractivity contribution is 5.84. The Bertz CT molecular complexity index is 774. The number of rotatable bonds is 6. The van der Waals surface area contributed by atoms with Gasteiger partial charge in [-0.1, -0.05) is 55.5 Å². The number of carbonyl (C=O) groups excluding carboxylic acids is 1. The summed E-state index contributed by atoms with van der Waals surface area (Å²) < 4.78 is 5.84. The largest absolute Gasteiger partial charge is 0.461 e. The molecule has 2 unspecified atom stereocenters. The molecule has 124 valence electrons. The van der Waals surface area contributed by atoms with Crippen LogP contribution in [0, 0.1) is 0 Å². The van der Waals surface area contributed by atoms with Crippen molar-refractivity contribution >= 4 is 16.9 Å². The molecule has 0 bridgehead atoms. The predicted molar refractivity (Wildman–Crippen MR) is 97.0 cm³/mol. The molecule has 0 aliphatic carbocycles. The van der Waals surface area contributed by atoms with E-state index in [4.69, 9.17) is 4.42 Å². The van der Waals surface area contributed by atoms with Crippen molar-refractivity contribution in [1.29, 1.82) is 0 Å². The summed E-state index contributed by atoms with van der Waals surface area (Å²) in [5.74, 6) is 0.869. The third-order valence-electron chi connectivity index (χ3n) is 4.30. The van der Waals surface area contributed by atoms with Gasteiger partial charge in [-0.05, 0) is 31.0 Å². The number of benzene rings is 2. The molecule has 3 nitrogen and oxygen atoms in total. The van der Waals surface area contributed by atoms with E-state index in [0.717, 1.165) is 28.7 Å². The number of hydrogen-bond donors (Lipinski definition) is 1. The Morgan fingerprint density at radius 3 is 2.50 bits per heavy atom. The maximum Gasteiger partial charge on any atom is 0.227 e. The first-order chi connectivity index (χ1) is 11.7. The lowest BCUT2D eigenvalue weighted by Crippen LogP contribution is -2.37. The fourth-order valence-corrected chi connectivity index (χ4v) is 3.09. The average molecular weight is 321 g/mol. The minimum absolute atomic E-state index is 0.0239. The third-order valence-corrected chi connectivity index (χ3v) is 4.30. The van der Waals surface area contributed by atoms with E-state index in [2.05, 4.69) is 5.32 Å². The summed E-state index contributed by atoms with van der Waals surface area (Å²) in [7, 11) is 0. The molecule has 3 heteroatoms. The molecule has 2 atom stereocenters. The van der Waals surface area contributed by atoms with Gasteiger partial charge in [-0.15, -0.1) is 0 Å². The van der Waals surface area contributed by atoms with Gasteiger partial charge >= 0.3 is 0 Å². The minimum atomic E-state index is -0.107. The Labute approximate surface area is 142 Å². The molecule has 1 N–H and O–H groups in total. The van der Waals surface area contributed by atoms with Gasteiger partial charge in [0, 0.05) is 17.8 Å². The molecule has 0 saturated carbocycles. The van der Waals surface area contributed by atoms with Gasteiger partial charge in [0.25, 0.3) is 0 Å². The Morgan fingerprint density at radius 1 is 1.08 bits per heavy atom. The summed E-state index contributed by atoms with van der Waals surface area (Å²) in [6.45, 7) is 4.06. The second-order valence-corrected chi connectivity index (χ2v) is 6.24. The summed E-state index contributed by atoms with van der Waals surface area (Å²) in [5.41, 5.74) is 1.95. The lowest BCUT2D eigenvalue weighted by Gasteiger charge is -2.19. The van der Waals surface area contributed by atoms with Gasteiger partial charge in [-0.25, -0.2) is 0 Å². The van der Waals surface area contributed by atoms with Gasteiger partial charge in [0.2, 0.25) is 5.91 Å².